The summed E-state index contributed by atoms with van der Waals surface area (Å²) in [5, 5.41) is 5.31. The molecule has 0 aromatic carbocycles. The van der Waals surface area contributed by atoms with Crippen molar-refractivity contribution in [3.05, 3.63) is 34.0 Å². The second-order valence-corrected chi connectivity index (χ2v) is 6.46. The minimum Gasteiger partial charge on any atom is -0.346 e. The predicted molar refractivity (Wildman–Crippen MR) is 82.0 cm³/mol. The first-order valence-corrected chi connectivity index (χ1v) is 8.26. The van der Waals surface area contributed by atoms with Crippen molar-refractivity contribution < 1.29 is 0 Å². The average Bonchev–Trinajstić information content (AvgIpc) is 3.14. The monoisotopic (exact) mass is 294 g/mol. The Kier molecular flexibility index (Phi) is 4.12. The van der Waals surface area contributed by atoms with Gasteiger partial charge in [0.2, 0.25) is 0 Å². The lowest BCUT2D eigenvalue weighted by atomic mass is 10.2. The Morgan fingerprint density at radius 2 is 2.05 bits per heavy atom. The summed E-state index contributed by atoms with van der Waals surface area (Å²) in [6.07, 6.45) is 1.88. The minimum absolute atomic E-state index is 0.374. The molecule has 6 heteroatoms. The molecule has 4 nitrogen and oxygen atoms in total. The van der Waals surface area contributed by atoms with Gasteiger partial charge in [-0.05, 0) is 11.4 Å². The molecule has 1 unspecified atom stereocenters. The Bertz CT molecular complexity index is 475. The van der Waals surface area contributed by atoms with Crippen LogP contribution in [0.1, 0.15) is 10.9 Å². The standard InChI is InChI=1S/C13H18N4S2/c14-10-11(12-2-1-8-18-12)16-4-6-17(7-5-16)13-15-3-9-19-13/h1-3,8-9,11H,4-7,10,14H2. The molecule has 0 radical (unpaired) electrons. The molecular weight excluding hydrogens is 276 g/mol. The van der Waals surface area contributed by atoms with Crippen molar-refractivity contribution >= 4 is 27.8 Å². The lowest BCUT2D eigenvalue weighted by molar-refractivity contribution is 0.193. The molecule has 2 aromatic rings. The van der Waals surface area contributed by atoms with Gasteiger partial charge in [-0.15, -0.1) is 22.7 Å². The number of hydrogen-bond donors (Lipinski definition) is 1. The van der Waals surface area contributed by atoms with E-state index in [4.69, 9.17) is 5.73 Å². The summed E-state index contributed by atoms with van der Waals surface area (Å²) in [4.78, 5) is 10.6. The summed E-state index contributed by atoms with van der Waals surface area (Å²) >= 11 is 3.52. The highest BCUT2D eigenvalue weighted by Gasteiger charge is 2.25. The number of thiophene rings is 1. The Morgan fingerprint density at radius 1 is 1.21 bits per heavy atom. The molecule has 0 aliphatic carbocycles. The third-order valence-electron chi connectivity index (χ3n) is 3.54. The number of piperazine rings is 1. The fraction of sp³-hybridized carbons (Fsp3) is 0.462. The number of thiazole rings is 1. The van der Waals surface area contributed by atoms with Crippen molar-refractivity contribution in [1.29, 1.82) is 0 Å². The van der Waals surface area contributed by atoms with Gasteiger partial charge in [0.25, 0.3) is 0 Å². The van der Waals surface area contributed by atoms with Gasteiger partial charge in [-0.2, -0.15) is 0 Å². The highest BCUT2D eigenvalue weighted by atomic mass is 32.1. The van der Waals surface area contributed by atoms with Crippen LogP contribution < -0.4 is 10.6 Å². The van der Waals surface area contributed by atoms with E-state index >= 15 is 0 Å². The summed E-state index contributed by atoms with van der Waals surface area (Å²) in [6, 6.07) is 4.67. The molecule has 2 aromatic heterocycles. The zero-order valence-electron chi connectivity index (χ0n) is 10.7. The van der Waals surface area contributed by atoms with Gasteiger partial charge in [-0.3, -0.25) is 4.90 Å². The first-order valence-electron chi connectivity index (χ1n) is 6.50. The van der Waals surface area contributed by atoms with E-state index in [1.54, 1.807) is 22.7 Å². The molecular formula is C13H18N4S2. The molecule has 1 aliphatic heterocycles. The number of aromatic nitrogens is 1. The van der Waals surface area contributed by atoms with Gasteiger partial charge in [0, 0.05) is 49.2 Å². The number of hydrogen-bond acceptors (Lipinski definition) is 6. The number of rotatable bonds is 4. The summed E-state index contributed by atoms with van der Waals surface area (Å²) in [5.41, 5.74) is 5.97. The van der Waals surface area contributed by atoms with Crippen LogP contribution in [0.2, 0.25) is 0 Å². The van der Waals surface area contributed by atoms with Crippen LogP contribution in [0.3, 0.4) is 0 Å². The van der Waals surface area contributed by atoms with Crippen LogP contribution >= 0.6 is 22.7 Å². The molecule has 1 saturated heterocycles. The molecule has 1 fully saturated rings. The first kappa shape index (κ1) is 13.1. The van der Waals surface area contributed by atoms with Gasteiger partial charge in [0.15, 0.2) is 5.13 Å². The van der Waals surface area contributed by atoms with Gasteiger partial charge in [0.05, 0.1) is 6.04 Å². The third kappa shape index (κ3) is 2.81. The zero-order valence-corrected chi connectivity index (χ0v) is 12.4. The summed E-state index contributed by atoms with van der Waals surface area (Å²) in [5.74, 6) is 0. The number of nitrogens with two attached hydrogens (primary N) is 1. The maximum absolute atomic E-state index is 5.97. The van der Waals surface area contributed by atoms with Gasteiger partial charge in [-0.1, -0.05) is 6.07 Å². The van der Waals surface area contributed by atoms with E-state index in [0.29, 0.717) is 12.6 Å². The Morgan fingerprint density at radius 3 is 2.63 bits per heavy atom. The Labute approximate surface area is 121 Å². The maximum atomic E-state index is 5.97. The zero-order chi connectivity index (χ0) is 13.1. The first-order chi connectivity index (χ1) is 9.38. The fourth-order valence-electron chi connectivity index (χ4n) is 2.52. The minimum atomic E-state index is 0.374. The van der Waals surface area contributed by atoms with Crippen molar-refractivity contribution in [2.45, 2.75) is 6.04 Å². The largest absolute Gasteiger partial charge is 0.346 e. The molecule has 0 spiro atoms. The predicted octanol–water partition coefficient (Wildman–Crippen LogP) is 2.03. The van der Waals surface area contributed by atoms with E-state index in [-0.39, 0.29) is 0 Å². The highest BCUT2D eigenvalue weighted by Crippen LogP contribution is 2.26. The van der Waals surface area contributed by atoms with Crippen LogP contribution in [0.5, 0.6) is 0 Å². The normalized spacial score (nSPS) is 18.7. The smallest absolute Gasteiger partial charge is 0.185 e. The second-order valence-electron chi connectivity index (χ2n) is 4.60. The molecule has 19 heavy (non-hydrogen) atoms. The molecule has 2 N–H and O–H groups in total. The fourth-order valence-corrected chi connectivity index (χ4v) is 4.09. The van der Waals surface area contributed by atoms with E-state index in [9.17, 15) is 0 Å². The van der Waals surface area contributed by atoms with Gasteiger partial charge in [-0.25, -0.2) is 4.98 Å². The van der Waals surface area contributed by atoms with Gasteiger partial charge < -0.3 is 10.6 Å². The van der Waals surface area contributed by atoms with Crippen molar-refractivity contribution in [2.75, 3.05) is 37.6 Å². The van der Waals surface area contributed by atoms with Crippen molar-refractivity contribution in [3.63, 3.8) is 0 Å². The quantitative estimate of drug-likeness (QED) is 0.937. The maximum Gasteiger partial charge on any atom is 0.185 e. The van der Waals surface area contributed by atoms with E-state index in [0.717, 1.165) is 31.3 Å². The summed E-state index contributed by atoms with van der Waals surface area (Å²) < 4.78 is 0. The van der Waals surface area contributed by atoms with Crippen LogP contribution in [0.15, 0.2) is 29.1 Å². The highest BCUT2D eigenvalue weighted by molar-refractivity contribution is 7.13. The van der Waals surface area contributed by atoms with Crippen LogP contribution in [0.25, 0.3) is 0 Å². The van der Waals surface area contributed by atoms with Crippen molar-refractivity contribution in [3.8, 4) is 0 Å². The molecule has 1 aliphatic rings. The number of anilines is 1. The van der Waals surface area contributed by atoms with Crippen LogP contribution in [0, 0.1) is 0 Å². The molecule has 102 valence electrons. The summed E-state index contributed by atoms with van der Waals surface area (Å²) in [6.45, 7) is 4.88. The van der Waals surface area contributed by atoms with Gasteiger partial charge in [0.1, 0.15) is 0 Å². The lowest BCUT2D eigenvalue weighted by Gasteiger charge is -2.38. The molecule has 0 bridgehead atoms. The van der Waals surface area contributed by atoms with E-state index in [1.807, 2.05) is 11.6 Å². The molecule has 3 rings (SSSR count). The van der Waals surface area contributed by atoms with Crippen LogP contribution in [-0.2, 0) is 0 Å². The van der Waals surface area contributed by atoms with E-state index < -0.39 is 0 Å². The topological polar surface area (TPSA) is 45.4 Å². The van der Waals surface area contributed by atoms with Crippen molar-refractivity contribution in [1.82, 2.24) is 9.88 Å². The van der Waals surface area contributed by atoms with Gasteiger partial charge >= 0.3 is 0 Å². The average molecular weight is 294 g/mol. The second kappa shape index (κ2) is 6.00. The van der Waals surface area contributed by atoms with Crippen LogP contribution in [-0.4, -0.2) is 42.6 Å². The number of nitrogens with zero attached hydrogens (tertiary/aromatic N) is 3. The summed E-state index contributed by atoms with van der Waals surface area (Å²) in [7, 11) is 0. The molecule has 1 atom stereocenters. The molecule has 3 heterocycles. The SMILES string of the molecule is NCC(c1cccs1)N1CCN(c2nccs2)CC1. The van der Waals surface area contributed by atoms with Crippen molar-refractivity contribution in [2.24, 2.45) is 5.73 Å². The Balaban J connectivity index is 1.63. The molecule has 0 saturated carbocycles. The lowest BCUT2D eigenvalue weighted by Crippen LogP contribution is -2.48. The Hall–Kier alpha value is -0.950. The molecule has 0 amide bonds. The van der Waals surface area contributed by atoms with Crippen LogP contribution in [0.4, 0.5) is 5.13 Å². The third-order valence-corrected chi connectivity index (χ3v) is 5.35. The van der Waals surface area contributed by atoms with E-state index in [2.05, 4.69) is 32.3 Å². The van der Waals surface area contributed by atoms with E-state index in [1.165, 1.54) is 4.88 Å².